The number of pyridine rings is 1. The number of hydrogen-bond acceptors (Lipinski definition) is 4. The number of rotatable bonds is 4. The van der Waals surface area contributed by atoms with Crippen LogP contribution in [0.5, 0.6) is 0 Å². The van der Waals surface area contributed by atoms with Crippen LogP contribution in [0.4, 0.5) is 26.2 Å². The highest BCUT2D eigenvalue weighted by Gasteiger charge is 2.29. The smallest absolute Gasteiger partial charge is 0.321 e. The minimum atomic E-state index is -0.324. The Kier molecular flexibility index (Phi) is 5.28. The van der Waals surface area contributed by atoms with E-state index in [-0.39, 0.29) is 11.8 Å². The Morgan fingerprint density at radius 2 is 1.81 bits per heavy atom. The van der Waals surface area contributed by atoms with Gasteiger partial charge >= 0.3 is 6.03 Å². The summed E-state index contributed by atoms with van der Waals surface area (Å²) in [5, 5.41) is 3.91. The van der Waals surface area contributed by atoms with Crippen LogP contribution in [0.25, 0.3) is 10.9 Å². The summed E-state index contributed by atoms with van der Waals surface area (Å²) in [5.41, 5.74) is 3.59. The van der Waals surface area contributed by atoms with Crippen molar-refractivity contribution in [2.75, 3.05) is 40.8 Å². The van der Waals surface area contributed by atoms with Crippen molar-refractivity contribution in [1.82, 2.24) is 9.88 Å². The van der Waals surface area contributed by atoms with Gasteiger partial charge in [-0.3, -0.25) is 9.40 Å². The summed E-state index contributed by atoms with van der Waals surface area (Å²) in [4.78, 5) is 21.1. The highest BCUT2D eigenvalue weighted by atomic mass is 35.5. The van der Waals surface area contributed by atoms with Crippen LogP contribution in [0, 0.1) is 5.82 Å². The maximum Gasteiger partial charge on any atom is 0.321 e. The quantitative estimate of drug-likeness (QED) is 0.590. The lowest BCUT2D eigenvalue weighted by molar-refractivity contribution is 0.208. The van der Waals surface area contributed by atoms with Gasteiger partial charge in [0.05, 0.1) is 11.2 Å². The van der Waals surface area contributed by atoms with Crippen LogP contribution >= 0.6 is 11.8 Å². The molecule has 5 rings (SSSR count). The average Bonchev–Trinajstić information content (AvgIpc) is 3.65. The van der Waals surface area contributed by atoms with E-state index in [2.05, 4.69) is 21.3 Å². The number of aromatic nitrogens is 1. The van der Waals surface area contributed by atoms with E-state index in [1.807, 2.05) is 28.8 Å². The first-order valence-corrected chi connectivity index (χ1v) is 10.8. The Morgan fingerprint density at radius 1 is 1.06 bits per heavy atom. The first-order valence-electron chi connectivity index (χ1n) is 10.5. The normalized spacial score (nSPS) is 16.5. The second kappa shape index (κ2) is 8.23. The molecular formula is C23H23ClFN5O. The van der Waals surface area contributed by atoms with Gasteiger partial charge in [-0.25, -0.2) is 9.18 Å². The van der Waals surface area contributed by atoms with Gasteiger partial charge < -0.3 is 15.1 Å². The minimum absolute atomic E-state index is 0.169. The third-order valence-electron chi connectivity index (χ3n) is 5.82. The monoisotopic (exact) mass is 439 g/mol. The van der Waals surface area contributed by atoms with E-state index in [4.69, 9.17) is 11.8 Å². The number of nitrogens with zero attached hydrogens (tertiary/aromatic N) is 4. The number of fused-ring (bicyclic) bond motifs is 1. The van der Waals surface area contributed by atoms with E-state index in [1.54, 1.807) is 17.0 Å². The molecule has 160 valence electrons. The molecule has 6 nitrogen and oxygen atoms in total. The molecule has 0 unspecified atom stereocenters. The fourth-order valence-corrected chi connectivity index (χ4v) is 4.23. The molecular weight excluding hydrogens is 417 g/mol. The summed E-state index contributed by atoms with van der Waals surface area (Å²) in [6.07, 6.45) is 4.09. The van der Waals surface area contributed by atoms with E-state index in [0.29, 0.717) is 24.8 Å². The zero-order valence-electron chi connectivity index (χ0n) is 17.0. The van der Waals surface area contributed by atoms with E-state index < -0.39 is 0 Å². The Balaban J connectivity index is 1.26. The van der Waals surface area contributed by atoms with Gasteiger partial charge in [0.1, 0.15) is 5.82 Å². The molecule has 1 N–H and O–H groups in total. The SMILES string of the molecule is O=C(Nc1ccc(F)cc1)N1CCN(c2ccnc3cc(N(Cl)C4CC4)ccc23)CC1. The Labute approximate surface area is 185 Å². The summed E-state index contributed by atoms with van der Waals surface area (Å²) in [7, 11) is 0. The van der Waals surface area contributed by atoms with Gasteiger partial charge in [0.2, 0.25) is 0 Å². The second-order valence-electron chi connectivity index (χ2n) is 7.99. The molecule has 2 aliphatic rings. The van der Waals surface area contributed by atoms with Gasteiger partial charge in [-0.05, 0) is 61.4 Å². The number of benzene rings is 2. The third kappa shape index (κ3) is 4.23. The number of amides is 2. The molecule has 31 heavy (non-hydrogen) atoms. The summed E-state index contributed by atoms with van der Waals surface area (Å²) >= 11 is 6.44. The first-order chi connectivity index (χ1) is 15.1. The maximum atomic E-state index is 13.1. The van der Waals surface area contributed by atoms with Crippen LogP contribution in [0.1, 0.15) is 12.8 Å². The van der Waals surface area contributed by atoms with Crippen LogP contribution in [0.2, 0.25) is 0 Å². The van der Waals surface area contributed by atoms with Crippen LogP contribution in [0.15, 0.2) is 54.7 Å². The largest absolute Gasteiger partial charge is 0.367 e. The second-order valence-corrected chi connectivity index (χ2v) is 8.35. The predicted octanol–water partition coefficient (Wildman–Crippen LogP) is 4.85. The van der Waals surface area contributed by atoms with Crippen molar-refractivity contribution in [1.29, 1.82) is 0 Å². The highest BCUT2D eigenvalue weighted by Crippen LogP contribution is 2.36. The van der Waals surface area contributed by atoms with Crippen molar-refractivity contribution in [3.63, 3.8) is 0 Å². The van der Waals surface area contributed by atoms with Crippen molar-refractivity contribution in [3.8, 4) is 0 Å². The lowest BCUT2D eigenvalue weighted by Crippen LogP contribution is -2.50. The van der Waals surface area contributed by atoms with Gasteiger partial charge in [0.15, 0.2) is 0 Å². The summed E-state index contributed by atoms with van der Waals surface area (Å²) in [6.45, 7) is 2.65. The molecule has 0 bridgehead atoms. The van der Waals surface area contributed by atoms with Crippen LogP contribution in [-0.4, -0.2) is 48.1 Å². The summed E-state index contributed by atoms with van der Waals surface area (Å²) in [5.74, 6) is -0.324. The summed E-state index contributed by atoms with van der Waals surface area (Å²) < 4.78 is 14.9. The fourth-order valence-electron chi connectivity index (χ4n) is 3.93. The fraction of sp³-hybridized carbons (Fsp3) is 0.304. The van der Waals surface area contributed by atoms with Crippen molar-refractivity contribution in [2.45, 2.75) is 18.9 Å². The van der Waals surface area contributed by atoms with E-state index in [0.717, 1.165) is 48.2 Å². The highest BCUT2D eigenvalue weighted by molar-refractivity contribution is 6.26. The molecule has 1 aliphatic heterocycles. The molecule has 1 saturated heterocycles. The minimum Gasteiger partial charge on any atom is -0.367 e. The lowest BCUT2D eigenvalue weighted by atomic mass is 10.1. The number of nitrogens with one attached hydrogen (secondary N) is 1. The van der Waals surface area contributed by atoms with Crippen LogP contribution in [-0.2, 0) is 0 Å². The molecule has 8 heteroatoms. The number of urea groups is 1. The van der Waals surface area contributed by atoms with Crippen molar-refractivity contribution < 1.29 is 9.18 Å². The number of halogens is 2. The number of hydrogen-bond donors (Lipinski definition) is 1. The van der Waals surface area contributed by atoms with Crippen molar-refractivity contribution in [2.24, 2.45) is 0 Å². The standard InChI is InChI=1S/C23H23ClFN5O/c24-30(18-5-6-18)19-7-8-20-21(15-19)26-10-9-22(20)28-11-13-29(14-12-28)23(31)27-17-3-1-16(25)2-4-17/h1-4,7-10,15,18H,5-6,11-14H2,(H,27,31). The van der Waals surface area contributed by atoms with E-state index >= 15 is 0 Å². The Bertz CT molecular complexity index is 1100. The molecule has 0 atom stereocenters. The summed E-state index contributed by atoms with van der Waals surface area (Å²) in [6, 6.07) is 14.2. The van der Waals surface area contributed by atoms with Gasteiger partial charge in [-0.15, -0.1) is 0 Å². The molecule has 0 radical (unpaired) electrons. The molecule has 1 aromatic heterocycles. The van der Waals surface area contributed by atoms with Gasteiger partial charge in [0, 0.05) is 67.0 Å². The number of carbonyl (C=O) groups excluding carboxylic acids is 1. The number of carbonyl (C=O) groups is 1. The molecule has 1 aliphatic carbocycles. The number of anilines is 3. The molecule has 2 heterocycles. The zero-order valence-corrected chi connectivity index (χ0v) is 17.7. The average molecular weight is 440 g/mol. The van der Waals surface area contributed by atoms with E-state index in [1.165, 1.54) is 12.1 Å². The molecule has 0 spiro atoms. The van der Waals surface area contributed by atoms with Crippen molar-refractivity contribution in [3.05, 3.63) is 60.5 Å². The molecule has 2 aromatic carbocycles. The Hall–Kier alpha value is -3.06. The van der Waals surface area contributed by atoms with Gasteiger partial charge in [-0.1, -0.05) is 0 Å². The van der Waals surface area contributed by atoms with Crippen LogP contribution in [0.3, 0.4) is 0 Å². The Morgan fingerprint density at radius 3 is 2.52 bits per heavy atom. The number of piperazine rings is 1. The van der Waals surface area contributed by atoms with E-state index in [9.17, 15) is 9.18 Å². The maximum absolute atomic E-state index is 13.1. The lowest BCUT2D eigenvalue weighted by Gasteiger charge is -2.36. The third-order valence-corrected chi connectivity index (χ3v) is 6.29. The topological polar surface area (TPSA) is 51.7 Å². The molecule has 3 aromatic rings. The molecule has 2 fully saturated rings. The van der Waals surface area contributed by atoms with Gasteiger partial charge in [0.25, 0.3) is 0 Å². The van der Waals surface area contributed by atoms with Crippen molar-refractivity contribution >= 4 is 45.8 Å². The first kappa shape index (κ1) is 19.9. The molecule has 2 amide bonds. The zero-order chi connectivity index (χ0) is 21.4. The van der Waals surface area contributed by atoms with Gasteiger partial charge in [-0.2, -0.15) is 0 Å². The molecule has 1 saturated carbocycles. The van der Waals surface area contributed by atoms with Crippen LogP contribution < -0.4 is 14.6 Å². The predicted molar refractivity (Wildman–Crippen MR) is 122 cm³/mol.